The van der Waals surface area contributed by atoms with Gasteiger partial charge in [-0.3, -0.25) is 0 Å². The predicted octanol–water partition coefficient (Wildman–Crippen LogP) is 7.05. The van der Waals surface area contributed by atoms with Crippen LogP contribution in [0.5, 0.6) is 0 Å². The molecule has 0 aliphatic heterocycles. The van der Waals surface area contributed by atoms with E-state index in [1.54, 1.807) is 0 Å². The number of hydrogen-bond acceptors (Lipinski definition) is 4. The molecule has 0 rings (SSSR count). The predicted molar refractivity (Wildman–Crippen MR) is 107 cm³/mol. The first-order chi connectivity index (χ1) is 12.7. The first kappa shape index (κ1) is 24.9. The molecule has 0 heterocycles. The smallest absolute Gasteiger partial charge is 0.247 e. The van der Waals surface area contributed by atoms with E-state index < -0.39 is 11.9 Å². The Morgan fingerprint density at radius 1 is 0.462 bits per heavy atom. The second-order valence-electron chi connectivity index (χ2n) is 7.36. The van der Waals surface area contributed by atoms with Crippen molar-refractivity contribution in [2.75, 3.05) is 0 Å². The maximum Gasteiger partial charge on any atom is 0.355 e. The van der Waals surface area contributed by atoms with Crippen LogP contribution < -0.4 is 0 Å². The molecule has 4 nitrogen and oxygen atoms in total. The second-order valence-corrected chi connectivity index (χ2v) is 7.36. The van der Waals surface area contributed by atoms with Crippen LogP contribution in [0.3, 0.4) is 0 Å². The van der Waals surface area contributed by atoms with E-state index in [1.807, 2.05) is 0 Å². The van der Waals surface area contributed by atoms with E-state index in [1.165, 1.54) is 64.2 Å². The molecule has 154 valence electrons. The highest BCUT2D eigenvalue weighted by Crippen LogP contribution is 2.11. The third-order valence-electron chi connectivity index (χ3n) is 4.70. The Kier molecular flexibility index (Phi) is 19.4. The second kappa shape index (κ2) is 20.3. The molecule has 0 radical (unpaired) electrons. The summed E-state index contributed by atoms with van der Waals surface area (Å²) in [7, 11) is 0. The first-order valence-corrected chi connectivity index (χ1v) is 11.1. The van der Waals surface area contributed by atoms with Crippen LogP contribution in [-0.2, 0) is 19.4 Å². The summed E-state index contributed by atoms with van der Waals surface area (Å²) in [5.74, 6) is -0.861. The summed E-state index contributed by atoms with van der Waals surface area (Å²) in [6.07, 6.45) is 19.5. The third kappa shape index (κ3) is 19.3. The fourth-order valence-electron chi connectivity index (χ4n) is 2.98. The van der Waals surface area contributed by atoms with Crippen LogP contribution >= 0.6 is 0 Å². The molecule has 0 amide bonds. The van der Waals surface area contributed by atoms with Crippen molar-refractivity contribution in [1.29, 1.82) is 0 Å². The van der Waals surface area contributed by atoms with Crippen molar-refractivity contribution < 1.29 is 19.4 Å². The lowest BCUT2D eigenvalue weighted by Crippen LogP contribution is -2.11. The van der Waals surface area contributed by atoms with Gasteiger partial charge in [-0.2, -0.15) is 0 Å². The molecule has 26 heavy (non-hydrogen) atoms. The molecular weight excluding hydrogens is 328 g/mol. The minimum absolute atomic E-state index is 0.332. The van der Waals surface area contributed by atoms with Gasteiger partial charge in [0.1, 0.15) is 0 Å². The number of carbonyl (C=O) groups excluding carboxylic acids is 2. The Morgan fingerprint density at radius 3 is 1.04 bits per heavy atom. The van der Waals surface area contributed by atoms with Gasteiger partial charge < -0.3 is 0 Å². The molecule has 0 fully saturated rings. The van der Waals surface area contributed by atoms with Crippen molar-refractivity contribution >= 4 is 11.9 Å². The van der Waals surface area contributed by atoms with Gasteiger partial charge in [0.15, 0.2) is 0 Å². The lowest BCUT2D eigenvalue weighted by molar-refractivity contribution is -0.259. The summed E-state index contributed by atoms with van der Waals surface area (Å²) in [5, 5.41) is 0. The lowest BCUT2D eigenvalue weighted by atomic mass is 10.1. The summed E-state index contributed by atoms with van der Waals surface area (Å²) in [6.45, 7) is 4.43. The normalized spacial score (nSPS) is 10.7. The maximum absolute atomic E-state index is 11.5. The minimum atomic E-state index is -0.431. The summed E-state index contributed by atoms with van der Waals surface area (Å²) in [5.41, 5.74) is 0. The molecular formula is C22H42O4. The van der Waals surface area contributed by atoms with E-state index >= 15 is 0 Å². The zero-order valence-electron chi connectivity index (χ0n) is 17.4. The lowest BCUT2D eigenvalue weighted by Gasteiger charge is -2.04. The monoisotopic (exact) mass is 370 g/mol. The SMILES string of the molecule is CCCCCCCCCCCC(=O)OOC(=O)CCCCCCCCC. The van der Waals surface area contributed by atoms with Gasteiger partial charge >= 0.3 is 11.9 Å². The number of unbranched alkanes of at least 4 members (excludes halogenated alkanes) is 14. The summed E-state index contributed by atoms with van der Waals surface area (Å²) in [4.78, 5) is 32.2. The van der Waals surface area contributed by atoms with Crippen LogP contribution in [-0.4, -0.2) is 11.9 Å². The van der Waals surface area contributed by atoms with Crippen LogP contribution in [0, 0.1) is 0 Å². The molecule has 4 heteroatoms. The summed E-state index contributed by atoms with van der Waals surface area (Å²) in [6, 6.07) is 0. The summed E-state index contributed by atoms with van der Waals surface area (Å²) < 4.78 is 0. The molecule has 0 aliphatic carbocycles. The van der Waals surface area contributed by atoms with Crippen molar-refractivity contribution in [3.05, 3.63) is 0 Å². The van der Waals surface area contributed by atoms with E-state index in [0.29, 0.717) is 12.8 Å². The van der Waals surface area contributed by atoms with Gasteiger partial charge in [0.2, 0.25) is 0 Å². The van der Waals surface area contributed by atoms with Crippen LogP contribution in [0.2, 0.25) is 0 Å². The van der Waals surface area contributed by atoms with Crippen molar-refractivity contribution in [1.82, 2.24) is 0 Å². The topological polar surface area (TPSA) is 52.6 Å². The number of rotatable bonds is 18. The molecule has 0 saturated heterocycles. The van der Waals surface area contributed by atoms with Crippen molar-refractivity contribution in [2.45, 2.75) is 129 Å². The Balaban J connectivity index is 3.32. The largest absolute Gasteiger partial charge is 0.355 e. The van der Waals surface area contributed by atoms with Crippen LogP contribution in [0.1, 0.15) is 129 Å². The zero-order chi connectivity index (χ0) is 19.3. The standard InChI is InChI=1S/C22H42O4/c1-3-5-7-9-11-12-14-16-18-20-22(24)26-25-21(23)19-17-15-13-10-8-6-4-2/h3-20H2,1-2H3. The van der Waals surface area contributed by atoms with Gasteiger partial charge in [0.25, 0.3) is 0 Å². The molecule has 0 aromatic carbocycles. The Hall–Kier alpha value is -1.06. The van der Waals surface area contributed by atoms with Crippen molar-refractivity contribution in [2.24, 2.45) is 0 Å². The highest BCUT2D eigenvalue weighted by Gasteiger charge is 2.09. The van der Waals surface area contributed by atoms with Gasteiger partial charge in [0, 0.05) is 0 Å². The molecule has 0 aromatic heterocycles. The summed E-state index contributed by atoms with van der Waals surface area (Å²) >= 11 is 0. The van der Waals surface area contributed by atoms with E-state index in [0.717, 1.165) is 38.5 Å². The van der Waals surface area contributed by atoms with E-state index in [9.17, 15) is 9.59 Å². The molecule has 0 N–H and O–H groups in total. The van der Waals surface area contributed by atoms with E-state index in [4.69, 9.17) is 0 Å². The van der Waals surface area contributed by atoms with Crippen molar-refractivity contribution in [3.8, 4) is 0 Å². The van der Waals surface area contributed by atoms with Crippen LogP contribution in [0.15, 0.2) is 0 Å². The third-order valence-corrected chi connectivity index (χ3v) is 4.70. The molecule has 0 atom stereocenters. The van der Waals surface area contributed by atoms with Crippen molar-refractivity contribution in [3.63, 3.8) is 0 Å². The maximum atomic E-state index is 11.5. The van der Waals surface area contributed by atoms with E-state index in [2.05, 4.69) is 23.6 Å². The average Bonchev–Trinajstić information content (AvgIpc) is 2.64. The highest BCUT2D eigenvalue weighted by atomic mass is 17.2. The average molecular weight is 371 g/mol. The first-order valence-electron chi connectivity index (χ1n) is 11.1. The van der Waals surface area contributed by atoms with E-state index in [-0.39, 0.29) is 0 Å². The molecule has 0 spiro atoms. The van der Waals surface area contributed by atoms with Gasteiger partial charge in [-0.25, -0.2) is 19.4 Å². The van der Waals surface area contributed by atoms with Gasteiger partial charge in [-0.05, 0) is 12.8 Å². The van der Waals surface area contributed by atoms with Gasteiger partial charge in [-0.1, -0.05) is 104 Å². The molecule has 0 bridgehead atoms. The molecule has 0 unspecified atom stereocenters. The zero-order valence-corrected chi connectivity index (χ0v) is 17.4. The molecule has 0 aromatic rings. The quantitative estimate of drug-likeness (QED) is 0.147. The Labute approximate surface area is 161 Å². The van der Waals surface area contributed by atoms with Crippen LogP contribution in [0.25, 0.3) is 0 Å². The highest BCUT2D eigenvalue weighted by molar-refractivity contribution is 5.72. The molecule has 0 saturated carbocycles. The fourth-order valence-corrected chi connectivity index (χ4v) is 2.98. The fraction of sp³-hybridized carbons (Fsp3) is 0.909. The number of carbonyl (C=O) groups is 2. The van der Waals surface area contributed by atoms with Gasteiger partial charge in [-0.15, -0.1) is 0 Å². The van der Waals surface area contributed by atoms with Crippen LogP contribution in [0.4, 0.5) is 0 Å². The minimum Gasteiger partial charge on any atom is -0.247 e. The Morgan fingerprint density at radius 2 is 0.731 bits per heavy atom. The molecule has 0 aliphatic rings. The van der Waals surface area contributed by atoms with Gasteiger partial charge in [0.05, 0.1) is 12.8 Å². The Bertz CT molecular complexity index is 328. The number of hydrogen-bond donors (Lipinski definition) is 0.